The van der Waals surface area contributed by atoms with Crippen molar-refractivity contribution < 1.29 is 9.90 Å². The summed E-state index contributed by atoms with van der Waals surface area (Å²) >= 11 is 0. The fraction of sp³-hybridized carbons (Fsp3) is 0.562. The zero-order chi connectivity index (χ0) is 13.9. The Bertz CT molecular complexity index is 463. The summed E-state index contributed by atoms with van der Waals surface area (Å²) in [6.45, 7) is 3.48. The van der Waals surface area contributed by atoms with E-state index in [1.807, 2.05) is 11.0 Å². The maximum atomic E-state index is 11.9. The van der Waals surface area contributed by atoms with E-state index in [1.165, 1.54) is 5.56 Å². The first-order valence-electron chi connectivity index (χ1n) is 7.46. The highest BCUT2D eigenvalue weighted by atomic mass is 16.3. The van der Waals surface area contributed by atoms with Crippen LogP contribution in [0.25, 0.3) is 0 Å². The first-order chi connectivity index (χ1) is 9.72. The van der Waals surface area contributed by atoms with Gasteiger partial charge in [-0.25, -0.2) is 0 Å². The third-order valence-corrected chi connectivity index (χ3v) is 4.31. The molecule has 4 heteroatoms. The molecule has 3 rings (SSSR count). The van der Waals surface area contributed by atoms with Gasteiger partial charge in [-0.3, -0.25) is 9.69 Å². The largest absolute Gasteiger partial charge is 0.391 e. The van der Waals surface area contributed by atoms with Crippen LogP contribution in [0, 0.1) is 0 Å². The van der Waals surface area contributed by atoms with Gasteiger partial charge in [0.25, 0.3) is 0 Å². The van der Waals surface area contributed by atoms with Crippen molar-refractivity contribution in [1.29, 1.82) is 0 Å². The second kappa shape index (κ2) is 5.94. The van der Waals surface area contributed by atoms with Crippen molar-refractivity contribution >= 4 is 5.91 Å². The maximum absolute atomic E-state index is 11.9. The molecule has 2 saturated heterocycles. The van der Waals surface area contributed by atoms with E-state index in [-0.39, 0.29) is 11.9 Å². The van der Waals surface area contributed by atoms with E-state index in [1.54, 1.807) is 0 Å². The standard InChI is InChI=1S/C16H22N2O2/c19-15-9-16(20)18(12-15)14-7-4-8-17(11-14)10-13-5-2-1-3-6-13/h1-3,5-6,14-15,19H,4,7-12H2/t14-,15?/m1/s1. The van der Waals surface area contributed by atoms with E-state index >= 15 is 0 Å². The van der Waals surface area contributed by atoms with Gasteiger partial charge in [0.05, 0.1) is 12.5 Å². The molecule has 0 bridgehead atoms. The van der Waals surface area contributed by atoms with E-state index in [0.29, 0.717) is 13.0 Å². The van der Waals surface area contributed by atoms with Crippen LogP contribution >= 0.6 is 0 Å². The lowest BCUT2D eigenvalue weighted by atomic mass is 10.0. The number of benzene rings is 1. The number of hydrogen-bond acceptors (Lipinski definition) is 3. The second-order valence-corrected chi connectivity index (χ2v) is 5.92. The Kier molecular flexibility index (Phi) is 4.03. The van der Waals surface area contributed by atoms with E-state index < -0.39 is 6.10 Å². The van der Waals surface area contributed by atoms with Gasteiger partial charge >= 0.3 is 0 Å². The molecule has 1 N–H and O–H groups in total. The fourth-order valence-electron chi connectivity index (χ4n) is 3.34. The summed E-state index contributed by atoms with van der Waals surface area (Å²) in [5, 5.41) is 9.63. The van der Waals surface area contributed by atoms with Crippen molar-refractivity contribution in [3.05, 3.63) is 35.9 Å². The number of aliphatic hydroxyl groups excluding tert-OH is 1. The van der Waals surface area contributed by atoms with Crippen LogP contribution in [0.3, 0.4) is 0 Å². The van der Waals surface area contributed by atoms with Gasteiger partial charge in [0.2, 0.25) is 5.91 Å². The van der Waals surface area contributed by atoms with Crippen LogP contribution < -0.4 is 0 Å². The first kappa shape index (κ1) is 13.6. The van der Waals surface area contributed by atoms with Gasteiger partial charge in [0.15, 0.2) is 0 Å². The van der Waals surface area contributed by atoms with Crippen molar-refractivity contribution in [2.75, 3.05) is 19.6 Å². The normalized spacial score (nSPS) is 28.1. The monoisotopic (exact) mass is 274 g/mol. The minimum absolute atomic E-state index is 0.115. The molecule has 0 spiro atoms. The van der Waals surface area contributed by atoms with Gasteiger partial charge in [0, 0.05) is 25.7 Å². The van der Waals surface area contributed by atoms with Crippen molar-refractivity contribution in [2.24, 2.45) is 0 Å². The Balaban J connectivity index is 1.61. The molecule has 0 saturated carbocycles. The summed E-state index contributed by atoms with van der Waals surface area (Å²) < 4.78 is 0. The van der Waals surface area contributed by atoms with E-state index in [2.05, 4.69) is 29.2 Å². The van der Waals surface area contributed by atoms with Gasteiger partial charge < -0.3 is 10.0 Å². The van der Waals surface area contributed by atoms with Gasteiger partial charge in [-0.2, -0.15) is 0 Å². The molecular formula is C16H22N2O2. The number of β-amino-alcohol motifs (C(OH)–C–C–N with tert-alkyl or cyclic N) is 1. The number of hydrogen-bond donors (Lipinski definition) is 1. The summed E-state index contributed by atoms with van der Waals surface area (Å²) in [4.78, 5) is 16.2. The molecule has 2 atom stereocenters. The van der Waals surface area contributed by atoms with E-state index in [9.17, 15) is 9.90 Å². The van der Waals surface area contributed by atoms with E-state index in [4.69, 9.17) is 0 Å². The third kappa shape index (κ3) is 3.02. The van der Waals surface area contributed by atoms with Crippen molar-refractivity contribution in [2.45, 2.75) is 38.0 Å². The molecule has 0 aliphatic carbocycles. The summed E-state index contributed by atoms with van der Waals surface area (Å²) in [5.41, 5.74) is 1.32. The molecule has 20 heavy (non-hydrogen) atoms. The molecule has 1 unspecified atom stereocenters. The summed E-state index contributed by atoms with van der Waals surface area (Å²) in [5.74, 6) is 0.115. The van der Waals surface area contributed by atoms with Crippen LogP contribution in [0.2, 0.25) is 0 Å². The highest BCUT2D eigenvalue weighted by Crippen LogP contribution is 2.22. The lowest BCUT2D eigenvalue weighted by Gasteiger charge is -2.37. The molecule has 0 radical (unpaired) electrons. The van der Waals surface area contributed by atoms with Gasteiger partial charge in [0.1, 0.15) is 0 Å². The zero-order valence-corrected chi connectivity index (χ0v) is 11.7. The lowest BCUT2D eigenvalue weighted by Crippen LogP contribution is -2.48. The van der Waals surface area contributed by atoms with Gasteiger partial charge in [-0.1, -0.05) is 30.3 Å². The lowest BCUT2D eigenvalue weighted by molar-refractivity contribution is -0.130. The highest BCUT2D eigenvalue weighted by molar-refractivity contribution is 5.79. The smallest absolute Gasteiger partial charge is 0.225 e. The molecule has 0 aromatic heterocycles. The number of amides is 1. The molecule has 4 nitrogen and oxygen atoms in total. The van der Waals surface area contributed by atoms with Crippen LogP contribution in [-0.2, 0) is 11.3 Å². The minimum atomic E-state index is -0.466. The quantitative estimate of drug-likeness (QED) is 0.902. The number of nitrogens with zero attached hydrogens (tertiary/aromatic N) is 2. The Hall–Kier alpha value is -1.39. The Morgan fingerprint density at radius 2 is 2.00 bits per heavy atom. The SMILES string of the molecule is O=C1CC(O)CN1[C@@H]1CCCN(Cc2ccccc2)C1. The van der Waals surface area contributed by atoms with Crippen LogP contribution in [0.15, 0.2) is 30.3 Å². The first-order valence-corrected chi connectivity index (χ1v) is 7.46. The predicted octanol–water partition coefficient (Wildman–Crippen LogP) is 1.24. The van der Waals surface area contributed by atoms with Crippen molar-refractivity contribution in [1.82, 2.24) is 9.80 Å². The number of likely N-dealkylation sites (tertiary alicyclic amines) is 2. The van der Waals surface area contributed by atoms with Crippen LogP contribution in [0.5, 0.6) is 0 Å². The predicted molar refractivity (Wildman–Crippen MR) is 77.1 cm³/mol. The molecule has 1 aromatic carbocycles. The van der Waals surface area contributed by atoms with Crippen LogP contribution in [0.1, 0.15) is 24.8 Å². The average Bonchev–Trinajstić information content (AvgIpc) is 2.79. The second-order valence-electron chi connectivity index (χ2n) is 5.92. The molecular weight excluding hydrogens is 252 g/mol. The van der Waals surface area contributed by atoms with Crippen LogP contribution in [-0.4, -0.2) is 52.6 Å². The number of carbonyl (C=O) groups is 1. The molecule has 108 valence electrons. The maximum Gasteiger partial charge on any atom is 0.225 e. The molecule has 1 amide bonds. The van der Waals surface area contributed by atoms with Gasteiger partial charge in [-0.05, 0) is 24.9 Å². The van der Waals surface area contributed by atoms with E-state index in [0.717, 1.165) is 32.5 Å². The summed E-state index contributed by atoms with van der Waals surface area (Å²) in [6, 6.07) is 10.7. The molecule has 2 heterocycles. The Morgan fingerprint density at radius 3 is 2.70 bits per heavy atom. The van der Waals surface area contributed by atoms with Crippen LogP contribution in [0.4, 0.5) is 0 Å². The Labute approximate surface area is 120 Å². The molecule has 1 aromatic rings. The highest BCUT2D eigenvalue weighted by Gasteiger charge is 2.35. The number of piperidine rings is 1. The summed E-state index contributed by atoms with van der Waals surface area (Å²) in [6.07, 6.45) is 2.02. The molecule has 2 fully saturated rings. The average molecular weight is 274 g/mol. The Morgan fingerprint density at radius 1 is 1.20 bits per heavy atom. The fourth-order valence-corrected chi connectivity index (χ4v) is 3.34. The minimum Gasteiger partial charge on any atom is -0.391 e. The number of carbonyl (C=O) groups excluding carboxylic acids is 1. The molecule has 2 aliphatic heterocycles. The topological polar surface area (TPSA) is 43.8 Å². The number of rotatable bonds is 3. The van der Waals surface area contributed by atoms with Crippen molar-refractivity contribution in [3.63, 3.8) is 0 Å². The third-order valence-electron chi connectivity index (χ3n) is 4.31. The van der Waals surface area contributed by atoms with Gasteiger partial charge in [-0.15, -0.1) is 0 Å². The summed E-state index contributed by atoms with van der Waals surface area (Å²) in [7, 11) is 0. The molecule has 2 aliphatic rings. The van der Waals surface area contributed by atoms with Crippen molar-refractivity contribution in [3.8, 4) is 0 Å². The zero-order valence-electron chi connectivity index (χ0n) is 11.7. The number of aliphatic hydroxyl groups is 1.